The van der Waals surface area contributed by atoms with E-state index in [9.17, 15) is 0 Å². The first-order chi connectivity index (χ1) is 9.97. The molecule has 6 atom stereocenters. The fraction of sp³-hybridized carbons (Fsp3) is 0.812. The van der Waals surface area contributed by atoms with Crippen LogP contribution in [0.5, 0.6) is 0 Å². The maximum atomic E-state index is 5.95. The zero-order valence-corrected chi connectivity index (χ0v) is 13.9. The van der Waals surface area contributed by atoms with Crippen LogP contribution in [-0.4, -0.2) is 28.0 Å². The minimum absolute atomic E-state index is 0.195. The highest BCUT2D eigenvalue weighted by atomic mass is 16.5. The van der Waals surface area contributed by atoms with Crippen molar-refractivity contribution in [2.75, 3.05) is 0 Å². The molecule has 5 heteroatoms. The molecular formula is C16H30N4O. The molecule has 1 aromatic rings. The Labute approximate surface area is 128 Å². The fourth-order valence-electron chi connectivity index (χ4n) is 3.44. The summed E-state index contributed by atoms with van der Waals surface area (Å²) >= 11 is 0. The maximum Gasteiger partial charge on any atom is 0.0640 e. The van der Waals surface area contributed by atoms with E-state index in [0.29, 0.717) is 24.0 Å². The van der Waals surface area contributed by atoms with Crippen LogP contribution in [0.4, 0.5) is 0 Å². The van der Waals surface area contributed by atoms with Gasteiger partial charge in [0.25, 0.3) is 0 Å². The van der Waals surface area contributed by atoms with Gasteiger partial charge >= 0.3 is 0 Å². The molecule has 1 aliphatic heterocycles. The number of nitrogens with two attached hydrogens (primary N) is 1. The minimum atomic E-state index is 0.195. The smallest absolute Gasteiger partial charge is 0.0640 e. The Hall–Kier alpha value is -0.910. The maximum absolute atomic E-state index is 5.95. The van der Waals surface area contributed by atoms with Crippen LogP contribution < -0.4 is 11.3 Å². The molecule has 6 unspecified atom stereocenters. The van der Waals surface area contributed by atoms with Gasteiger partial charge in [0.05, 0.1) is 17.9 Å². The van der Waals surface area contributed by atoms with Crippen LogP contribution in [0, 0.1) is 11.8 Å². The molecule has 0 amide bonds. The quantitative estimate of drug-likeness (QED) is 0.624. The van der Waals surface area contributed by atoms with Gasteiger partial charge in [0.1, 0.15) is 0 Å². The van der Waals surface area contributed by atoms with Crippen LogP contribution in [0.15, 0.2) is 12.3 Å². The van der Waals surface area contributed by atoms with Gasteiger partial charge in [-0.25, -0.2) is 0 Å². The molecule has 0 radical (unpaired) electrons. The van der Waals surface area contributed by atoms with Crippen LogP contribution in [0.1, 0.15) is 52.8 Å². The average Bonchev–Trinajstić information content (AvgIpc) is 3.02. The zero-order valence-electron chi connectivity index (χ0n) is 13.9. The van der Waals surface area contributed by atoms with Gasteiger partial charge in [-0.3, -0.25) is 16.0 Å². The van der Waals surface area contributed by atoms with Crippen LogP contribution in [-0.2, 0) is 11.2 Å². The molecule has 3 N–H and O–H groups in total. The van der Waals surface area contributed by atoms with Crippen LogP contribution in [0.3, 0.4) is 0 Å². The summed E-state index contributed by atoms with van der Waals surface area (Å²) in [6.07, 6.45) is 4.51. The number of hydrogen-bond donors (Lipinski definition) is 2. The lowest BCUT2D eigenvalue weighted by Gasteiger charge is -2.27. The van der Waals surface area contributed by atoms with E-state index >= 15 is 0 Å². The Morgan fingerprint density at radius 1 is 1.38 bits per heavy atom. The molecule has 120 valence electrons. The van der Waals surface area contributed by atoms with Gasteiger partial charge in [-0.15, -0.1) is 0 Å². The third-order valence-electron chi connectivity index (χ3n) is 5.13. The molecule has 1 fully saturated rings. The summed E-state index contributed by atoms with van der Waals surface area (Å²) in [4.78, 5) is 0. The van der Waals surface area contributed by atoms with Crippen LogP contribution in [0.2, 0.25) is 0 Å². The van der Waals surface area contributed by atoms with Gasteiger partial charge in [-0.05, 0) is 39.2 Å². The van der Waals surface area contributed by atoms with E-state index in [1.165, 1.54) is 0 Å². The molecule has 1 aromatic heterocycles. The van der Waals surface area contributed by atoms with E-state index in [1.807, 2.05) is 4.68 Å². The predicted molar refractivity (Wildman–Crippen MR) is 84.7 cm³/mol. The standard InChI is InChI=1S/C16H30N4O/c1-6-10(2)20-8-7-14(19-20)9-15(18-17)16-11(3)12(4)21-13(16)5/h7-8,10-13,15-16,18H,6,9,17H2,1-5H3. The molecule has 0 spiro atoms. The largest absolute Gasteiger partial charge is 0.375 e. The van der Waals surface area contributed by atoms with Crippen molar-refractivity contribution in [3.63, 3.8) is 0 Å². The van der Waals surface area contributed by atoms with Crippen molar-refractivity contribution >= 4 is 0 Å². The van der Waals surface area contributed by atoms with Gasteiger partial charge < -0.3 is 4.74 Å². The Morgan fingerprint density at radius 3 is 2.62 bits per heavy atom. The fourth-order valence-corrected chi connectivity index (χ4v) is 3.44. The Morgan fingerprint density at radius 2 is 2.10 bits per heavy atom. The average molecular weight is 294 g/mol. The number of hydrogen-bond acceptors (Lipinski definition) is 4. The third kappa shape index (κ3) is 3.47. The third-order valence-corrected chi connectivity index (χ3v) is 5.13. The molecule has 0 saturated carbocycles. The van der Waals surface area contributed by atoms with Crippen molar-refractivity contribution < 1.29 is 4.74 Å². The number of nitrogens with zero attached hydrogens (tertiary/aromatic N) is 2. The summed E-state index contributed by atoms with van der Waals surface area (Å²) in [6.45, 7) is 10.9. The zero-order chi connectivity index (χ0) is 15.6. The molecule has 0 aliphatic carbocycles. The first kappa shape index (κ1) is 16.5. The van der Waals surface area contributed by atoms with Gasteiger partial charge in [0, 0.05) is 30.6 Å². The van der Waals surface area contributed by atoms with Crippen molar-refractivity contribution in [2.24, 2.45) is 17.7 Å². The van der Waals surface area contributed by atoms with Crippen molar-refractivity contribution in [1.82, 2.24) is 15.2 Å². The van der Waals surface area contributed by atoms with E-state index in [-0.39, 0.29) is 12.1 Å². The van der Waals surface area contributed by atoms with Gasteiger partial charge in [-0.1, -0.05) is 13.8 Å². The second kappa shape index (κ2) is 6.90. The topological polar surface area (TPSA) is 65.1 Å². The highest BCUT2D eigenvalue weighted by Gasteiger charge is 2.41. The van der Waals surface area contributed by atoms with Crippen LogP contribution in [0.25, 0.3) is 0 Å². The first-order valence-corrected chi connectivity index (χ1v) is 8.13. The van der Waals surface area contributed by atoms with Crippen molar-refractivity contribution in [2.45, 2.75) is 71.8 Å². The van der Waals surface area contributed by atoms with E-state index in [4.69, 9.17) is 10.6 Å². The highest BCUT2D eigenvalue weighted by Crippen LogP contribution is 2.35. The first-order valence-electron chi connectivity index (χ1n) is 8.13. The van der Waals surface area contributed by atoms with E-state index < -0.39 is 0 Å². The van der Waals surface area contributed by atoms with Gasteiger partial charge in [0.2, 0.25) is 0 Å². The molecule has 0 bridgehead atoms. The molecule has 1 aliphatic rings. The summed E-state index contributed by atoms with van der Waals surface area (Å²) in [7, 11) is 0. The number of nitrogens with one attached hydrogen (secondary N) is 1. The summed E-state index contributed by atoms with van der Waals surface area (Å²) in [5.41, 5.74) is 4.09. The number of hydrazine groups is 1. The van der Waals surface area contributed by atoms with Crippen molar-refractivity contribution in [1.29, 1.82) is 0 Å². The molecule has 2 rings (SSSR count). The van der Waals surface area contributed by atoms with Crippen LogP contribution >= 0.6 is 0 Å². The van der Waals surface area contributed by atoms with E-state index in [0.717, 1.165) is 18.5 Å². The highest BCUT2D eigenvalue weighted by molar-refractivity contribution is 5.05. The summed E-state index contributed by atoms with van der Waals surface area (Å²) in [6, 6.07) is 2.74. The molecule has 5 nitrogen and oxygen atoms in total. The van der Waals surface area contributed by atoms with Crippen molar-refractivity contribution in [3.8, 4) is 0 Å². The molecule has 2 heterocycles. The minimum Gasteiger partial charge on any atom is -0.375 e. The Kier molecular flexibility index (Phi) is 5.41. The lowest BCUT2D eigenvalue weighted by molar-refractivity contribution is 0.0475. The van der Waals surface area contributed by atoms with Gasteiger partial charge in [0.15, 0.2) is 0 Å². The number of ether oxygens (including phenoxy) is 1. The summed E-state index contributed by atoms with van der Waals surface area (Å²) < 4.78 is 7.99. The lowest BCUT2D eigenvalue weighted by atomic mass is 9.82. The monoisotopic (exact) mass is 294 g/mol. The summed E-state index contributed by atoms with van der Waals surface area (Å²) in [5, 5.41) is 4.69. The Balaban J connectivity index is 2.07. The number of aromatic nitrogens is 2. The molecule has 21 heavy (non-hydrogen) atoms. The van der Waals surface area contributed by atoms with E-state index in [2.05, 4.69) is 57.4 Å². The number of rotatable bonds is 6. The van der Waals surface area contributed by atoms with Crippen molar-refractivity contribution in [3.05, 3.63) is 18.0 Å². The normalized spacial score (nSPS) is 32.3. The molecular weight excluding hydrogens is 264 g/mol. The molecule has 1 saturated heterocycles. The second-order valence-electron chi connectivity index (χ2n) is 6.50. The van der Waals surface area contributed by atoms with E-state index in [1.54, 1.807) is 0 Å². The predicted octanol–water partition coefficient (Wildman–Crippen LogP) is 2.29. The second-order valence-corrected chi connectivity index (χ2v) is 6.50. The molecule has 0 aromatic carbocycles. The SMILES string of the molecule is CCC(C)n1ccc(CC(NN)C2C(C)OC(C)C2C)n1. The Bertz CT molecular complexity index is 447. The van der Waals surface area contributed by atoms with Gasteiger partial charge in [-0.2, -0.15) is 5.10 Å². The summed E-state index contributed by atoms with van der Waals surface area (Å²) in [5.74, 6) is 6.74. The lowest BCUT2D eigenvalue weighted by Crippen LogP contribution is -2.46.